The molecule has 0 aliphatic rings. The summed E-state index contributed by atoms with van der Waals surface area (Å²) < 4.78 is 14.8. The summed E-state index contributed by atoms with van der Waals surface area (Å²) in [6.07, 6.45) is 0. The summed E-state index contributed by atoms with van der Waals surface area (Å²) >= 11 is 0. The summed E-state index contributed by atoms with van der Waals surface area (Å²) in [4.78, 5) is 7.27. The topological polar surface area (TPSA) is 47.3 Å². The lowest BCUT2D eigenvalue weighted by Gasteiger charge is -2.26. The number of hydrogen-bond donors (Lipinski definition) is 0. The highest BCUT2D eigenvalue weighted by Gasteiger charge is 2.19. The second kappa shape index (κ2) is 10.5. The molecule has 0 bridgehead atoms. The van der Waals surface area contributed by atoms with Crippen LogP contribution in [0.1, 0.15) is 0 Å². The number of anilines is 3. The van der Waals surface area contributed by atoms with Crippen molar-refractivity contribution in [3.05, 3.63) is 164 Å². The van der Waals surface area contributed by atoms with Crippen LogP contribution in [-0.4, -0.2) is 9.55 Å². The molecule has 0 saturated carbocycles. The van der Waals surface area contributed by atoms with Gasteiger partial charge in [0.15, 0.2) is 5.58 Å². The molecule has 0 atom stereocenters. The summed E-state index contributed by atoms with van der Waals surface area (Å²) in [6.45, 7) is 0. The number of oxazole rings is 1. The molecule has 7 aromatic carbocycles. The van der Waals surface area contributed by atoms with Crippen molar-refractivity contribution in [1.29, 1.82) is 0 Å². The van der Waals surface area contributed by atoms with Crippen LogP contribution < -0.4 is 4.90 Å². The van der Waals surface area contributed by atoms with E-state index in [1.165, 1.54) is 16.3 Å². The average Bonchev–Trinajstić information content (AvgIpc) is 3.84. The number of hydrogen-bond acceptors (Lipinski definition) is 4. The van der Waals surface area contributed by atoms with Crippen LogP contribution in [0.2, 0.25) is 0 Å². The Morgan fingerprint density at radius 1 is 0.458 bits per heavy atom. The highest BCUT2D eigenvalue weighted by atomic mass is 16.4. The lowest BCUT2D eigenvalue weighted by Crippen LogP contribution is -2.10. The molecule has 226 valence electrons. The van der Waals surface area contributed by atoms with E-state index in [9.17, 15) is 0 Å². The molecule has 5 heteroatoms. The van der Waals surface area contributed by atoms with Crippen molar-refractivity contribution in [2.75, 3.05) is 4.90 Å². The zero-order valence-corrected chi connectivity index (χ0v) is 25.7. The molecule has 48 heavy (non-hydrogen) atoms. The van der Waals surface area contributed by atoms with Gasteiger partial charge in [0.25, 0.3) is 0 Å². The third-order valence-electron chi connectivity index (χ3n) is 9.22. The van der Waals surface area contributed by atoms with Crippen molar-refractivity contribution >= 4 is 71.9 Å². The molecule has 5 nitrogen and oxygen atoms in total. The van der Waals surface area contributed by atoms with Gasteiger partial charge in [-0.3, -0.25) is 0 Å². The van der Waals surface area contributed by atoms with E-state index >= 15 is 0 Å². The lowest BCUT2D eigenvalue weighted by atomic mass is 10.1. The molecule has 3 aromatic heterocycles. The Morgan fingerprint density at radius 2 is 1.10 bits per heavy atom. The van der Waals surface area contributed by atoms with E-state index in [1.54, 1.807) is 0 Å². The van der Waals surface area contributed by atoms with E-state index in [2.05, 4.69) is 143 Å². The molecule has 0 N–H and O–H groups in total. The van der Waals surface area contributed by atoms with Crippen LogP contribution >= 0.6 is 0 Å². The SMILES string of the molecule is c1ccc(N(c2ccc(-c3nc4c(ccc5oc6ccccc6c54)o3)cc2)c2ccc3c4ccccc4n(-c4ccccc4)c3c2)cc1. The summed E-state index contributed by atoms with van der Waals surface area (Å²) in [5, 5.41) is 4.47. The summed E-state index contributed by atoms with van der Waals surface area (Å²) in [6, 6.07) is 56.8. The van der Waals surface area contributed by atoms with E-state index in [4.69, 9.17) is 13.8 Å². The summed E-state index contributed by atoms with van der Waals surface area (Å²) in [5.74, 6) is 0.578. The normalized spacial score (nSPS) is 11.8. The molecule has 0 spiro atoms. The van der Waals surface area contributed by atoms with Gasteiger partial charge in [0.05, 0.1) is 16.4 Å². The van der Waals surface area contributed by atoms with Crippen LogP contribution in [0.15, 0.2) is 173 Å². The third kappa shape index (κ3) is 4.08. The predicted molar refractivity (Wildman–Crippen MR) is 196 cm³/mol. The van der Waals surface area contributed by atoms with Gasteiger partial charge in [-0.05, 0) is 84.9 Å². The van der Waals surface area contributed by atoms with E-state index in [-0.39, 0.29) is 0 Å². The Bertz CT molecular complexity index is 2770. The van der Waals surface area contributed by atoms with Crippen molar-refractivity contribution in [2.24, 2.45) is 0 Å². The third-order valence-corrected chi connectivity index (χ3v) is 9.22. The molecule has 3 heterocycles. The average molecular weight is 618 g/mol. The number of aromatic nitrogens is 2. The number of furan rings is 1. The van der Waals surface area contributed by atoms with Gasteiger partial charge in [-0.1, -0.05) is 78.9 Å². The van der Waals surface area contributed by atoms with Crippen LogP contribution in [0.4, 0.5) is 17.1 Å². The number of para-hydroxylation sites is 4. The van der Waals surface area contributed by atoms with Gasteiger partial charge in [0, 0.05) is 44.5 Å². The molecule has 0 aliphatic carbocycles. The zero-order chi connectivity index (χ0) is 31.6. The Balaban J connectivity index is 1.11. The smallest absolute Gasteiger partial charge is 0.227 e. The van der Waals surface area contributed by atoms with Crippen molar-refractivity contribution < 1.29 is 8.83 Å². The Morgan fingerprint density at radius 3 is 1.94 bits per heavy atom. The number of rotatable bonds is 5. The Labute approximate surface area is 275 Å². The first-order valence-corrected chi connectivity index (χ1v) is 16.1. The molecule has 0 aliphatic heterocycles. The molecular weight excluding hydrogens is 590 g/mol. The summed E-state index contributed by atoms with van der Waals surface area (Å²) in [5.41, 5.74) is 10.8. The van der Waals surface area contributed by atoms with Crippen molar-refractivity contribution in [1.82, 2.24) is 9.55 Å². The molecule has 10 aromatic rings. The van der Waals surface area contributed by atoms with Crippen LogP contribution in [0.3, 0.4) is 0 Å². The van der Waals surface area contributed by atoms with Crippen LogP contribution in [0.25, 0.3) is 72.0 Å². The van der Waals surface area contributed by atoms with E-state index in [0.29, 0.717) is 5.89 Å². The van der Waals surface area contributed by atoms with Gasteiger partial charge in [0.2, 0.25) is 5.89 Å². The standard InChI is InChI=1S/C43H27N3O2/c1-3-11-29(12-4-1)45(32-23-24-34-33-15-7-9-17-36(33)46(37(34)27-32)30-13-5-2-6-14-30)31-21-19-28(20-22-31)43-44-42-40(48-43)26-25-39-41(42)35-16-8-10-18-38(35)47-39/h1-27H. The minimum Gasteiger partial charge on any atom is -0.456 e. The first kappa shape index (κ1) is 26.6. The van der Waals surface area contributed by atoms with E-state index in [0.717, 1.165) is 66.9 Å². The minimum absolute atomic E-state index is 0.578. The monoisotopic (exact) mass is 617 g/mol. The molecule has 0 unspecified atom stereocenters. The van der Waals surface area contributed by atoms with Gasteiger partial charge in [0.1, 0.15) is 16.7 Å². The van der Waals surface area contributed by atoms with Crippen LogP contribution in [0.5, 0.6) is 0 Å². The van der Waals surface area contributed by atoms with Gasteiger partial charge < -0.3 is 18.3 Å². The minimum atomic E-state index is 0.578. The fourth-order valence-electron chi connectivity index (χ4n) is 7.06. The first-order valence-electron chi connectivity index (χ1n) is 16.1. The van der Waals surface area contributed by atoms with Crippen molar-refractivity contribution in [3.8, 4) is 17.1 Å². The fraction of sp³-hybridized carbons (Fsp3) is 0. The highest BCUT2D eigenvalue weighted by Crippen LogP contribution is 2.41. The number of nitrogens with zero attached hydrogens (tertiary/aromatic N) is 3. The molecule has 10 rings (SSSR count). The summed E-state index contributed by atoms with van der Waals surface area (Å²) in [7, 11) is 0. The molecular formula is C43H27N3O2. The first-order chi connectivity index (χ1) is 23.8. The Kier molecular flexibility index (Phi) is 5.81. The maximum Gasteiger partial charge on any atom is 0.227 e. The second-order valence-corrected chi connectivity index (χ2v) is 12.0. The zero-order valence-electron chi connectivity index (χ0n) is 25.7. The maximum atomic E-state index is 6.31. The quantitative estimate of drug-likeness (QED) is 0.193. The van der Waals surface area contributed by atoms with Crippen molar-refractivity contribution in [3.63, 3.8) is 0 Å². The Hall–Kier alpha value is -6.59. The highest BCUT2D eigenvalue weighted by molar-refractivity contribution is 6.16. The number of fused-ring (bicyclic) bond motifs is 8. The van der Waals surface area contributed by atoms with E-state index < -0.39 is 0 Å². The fourth-order valence-corrected chi connectivity index (χ4v) is 7.06. The number of benzene rings is 7. The molecule has 0 radical (unpaired) electrons. The molecule has 0 amide bonds. The molecule has 0 fully saturated rings. The van der Waals surface area contributed by atoms with Crippen molar-refractivity contribution in [2.45, 2.75) is 0 Å². The van der Waals surface area contributed by atoms with Gasteiger partial charge in [-0.15, -0.1) is 0 Å². The predicted octanol–water partition coefficient (Wildman–Crippen LogP) is 12.0. The van der Waals surface area contributed by atoms with Gasteiger partial charge in [-0.25, -0.2) is 4.98 Å². The van der Waals surface area contributed by atoms with Gasteiger partial charge in [-0.2, -0.15) is 0 Å². The van der Waals surface area contributed by atoms with E-state index in [1.807, 2.05) is 30.3 Å². The second-order valence-electron chi connectivity index (χ2n) is 12.0. The van der Waals surface area contributed by atoms with Crippen LogP contribution in [-0.2, 0) is 0 Å². The maximum absolute atomic E-state index is 6.31. The lowest BCUT2D eigenvalue weighted by molar-refractivity contribution is 0.619. The largest absolute Gasteiger partial charge is 0.456 e. The van der Waals surface area contributed by atoms with Crippen LogP contribution in [0, 0.1) is 0 Å². The molecule has 0 saturated heterocycles. The van der Waals surface area contributed by atoms with Gasteiger partial charge >= 0.3 is 0 Å².